The van der Waals surface area contributed by atoms with Crippen LogP contribution in [-0.2, 0) is 23.2 Å². The summed E-state index contributed by atoms with van der Waals surface area (Å²) in [4.78, 5) is 0. The van der Waals surface area contributed by atoms with Crippen LogP contribution < -0.4 is 0 Å². The van der Waals surface area contributed by atoms with Crippen LogP contribution in [0.4, 0.5) is 0 Å². The second-order valence-corrected chi connectivity index (χ2v) is 9.48. The van der Waals surface area contributed by atoms with Crippen molar-refractivity contribution in [3.8, 4) is 0 Å². The molecule has 102 valence electrons. The van der Waals surface area contributed by atoms with E-state index in [2.05, 4.69) is 74.5 Å². The molecule has 0 saturated heterocycles. The van der Waals surface area contributed by atoms with Crippen LogP contribution in [0.3, 0.4) is 0 Å². The van der Waals surface area contributed by atoms with Crippen LogP contribution in [0.1, 0.15) is 47.9 Å². The summed E-state index contributed by atoms with van der Waals surface area (Å²) in [5.41, 5.74) is 5.95. The van der Waals surface area contributed by atoms with Gasteiger partial charge in [0.15, 0.2) is 0 Å². The molecule has 2 aromatic carbocycles. The quantitative estimate of drug-likeness (QED) is 0.682. The minimum atomic E-state index is -0.659. The van der Waals surface area contributed by atoms with E-state index in [0.717, 1.165) is 0 Å². The van der Waals surface area contributed by atoms with Gasteiger partial charge in [-0.05, 0) is 0 Å². The van der Waals surface area contributed by atoms with Crippen molar-refractivity contribution >= 4 is 12.2 Å². The molecule has 2 unspecified atom stereocenters. The van der Waals surface area contributed by atoms with Gasteiger partial charge >= 0.3 is 138 Å². The van der Waals surface area contributed by atoms with Gasteiger partial charge < -0.3 is 0 Å². The summed E-state index contributed by atoms with van der Waals surface area (Å²) in [7, 11) is 0. The molecule has 21 heavy (non-hydrogen) atoms. The third-order valence-electron chi connectivity index (χ3n) is 4.77. The van der Waals surface area contributed by atoms with Gasteiger partial charge in [-0.3, -0.25) is 0 Å². The van der Waals surface area contributed by atoms with E-state index >= 15 is 0 Å². The van der Waals surface area contributed by atoms with E-state index in [0.29, 0.717) is 11.8 Å². The van der Waals surface area contributed by atoms with Gasteiger partial charge in [-0.2, -0.15) is 0 Å². The van der Waals surface area contributed by atoms with Crippen LogP contribution in [0.25, 0.3) is 12.2 Å². The van der Waals surface area contributed by atoms with Crippen LogP contribution in [-0.4, -0.2) is 0 Å². The molecule has 2 aliphatic rings. The van der Waals surface area contributed by atoms with Crippen molar-refractivity contribution in [1.82, 2.24) is 0 Å². The molecule has 0 aliphatic heterocycles. The first-order valence-electron chi connectivity index (χ1n) is 7.62. The van der Waals surface area contributed by atoms with E-state index in [9.17, 15) is 0 Å². The Labute approximate surface area is 138 Å². The van der Waals surface area contributed by atoms with Crippen LogP contribution in [0.5, 0.6) is 0 Å². The van der Waals surface area contributed by atoms with Crippen LogP contribution >= 0.6 is 0 Å². The van der Waals surface area contributed by atoms with Gasteiger partial charge in [0, 0.05) is 0 Å². The Morgan fingerprint density at radius 3 is 1.52 bits per heavy atom. The Balaban J connectivity index is 1.62. The number of fused-ring (bicyclic) bond motifs is 2. The molecular formula is C20H18Zr. The molecule has 0 fully saturated rings. The average molecular weight is 350 g/mol. The van der Waals surface area contributed by atoms with Crippen molar-refractivity contribution in [1.29, 1.82) is 0 Å². The maximum absolute atomic E-state index is 2.47. The van der Waals surface area contributed by atoms with Crippen molar-refractivity contribution < 1.29 is 23.2 Å². The zero-order valence-corrected chi connectivity index (χ0v) is 14.9. The zero-order chi connectivity index (χ0) is 14.4. The Kier molecular flexibility index (Phi) is 3.34. The standard InChI is InChI=1S/2C10H9.Zr/c2*1-8-6-7-9-4-2-3-5-10(8)9;/h2*2-5,7-8H,1H3;. The Hall–Kier alpha value is -1.20. The third-order valence-corrected chi connectivity index (χ3v) is 9.03. The van der Waals surface area contributed by atoms with Gasteiger partial charge in [0.1, 0.15) is 0 Å². The molecule has 1 heteroatoms. The van der Waals surface area contributed by atoms with Gasteiger partial charge in [0.2, 0.25) is 0 Å². The molecule has 0 bridgehead atoms. The van der Waals surface area contributed by atoms with Crippen molar-refractivity contribution in [3.63, 3.8) is 0 Å². The van der Waals surface area contributed by atoms with Crippen LogP contribution in [0.2, 0.25) is 0 Å². The van der Waals surface area contributed by atoms with Crippen molar-refractivity contribution in [2.45, 2.75) is 25.7 Å². The molecule has 0 radical (unpaired) electrons. The molecule has 0 heterocycles. The first kappa shape index (κ1) is 13.5. The molecule has 0 saturated carbocycles. The normalized spacial score (nSPS) is 22.4. The Morgan fingerprint density at radius 1 is 0.667 bits per heavy atom. The average Bonchev–Trinajstić information content (AvgIpc) is 2.99. The van der Waals surface area contributed by atoms with Crippen LogP contribution in [0.15, 0.2) is 55.1 Å². The number of hydrogen-bond acceptors (Lipinski definition) is 0. The van der Waals surface area contributed by atoms with Crippen molar-refractivity contribution in [2.24, 2.45) is 0 Å². The maximum atomic E-state index is 2.47. The monoisotopic (exact) mass is 348 g/mol. The fourth-order valence-corrected chi connectivity index (χ4v) is 7.22. The second-order valence-electron chi connectivity index (χ2n) is 6.03. The predicted octanol–water partition coefficient (Wildman–Crippen LogP) is 5.39. The van der Waals surface area contributed by atoms with Gasteiger partial charge in [0.25, 0.3) is 0 Å². The molecule has 0 nitrogen and oxygen atoms in total. The first-order chi connectivity index (χ1) is 10.2. The van der Waals surface area contributed by atoms with Gasteiger partial charge in [0.05, 0.1) is 0 Å². The van der Waals surface area contributed by atoms with E-state index < -0.39 is 23.2 Å². The summed E-state index contributed by atoms with van der Waals surface area (Å²) in [5.74, 6) is 1.26. The van der Waals surface area contributed by atoms with Crippen molar-refractivity contribution in [2.75, 3.05) is 0 Å². The molecule has 0 amide bonds. The molecule has 2 aliphatic carbocycles. The molecule has 2 atom stereocenters. The number of benzene rings is 2. The summed E-state index contributed by atoms with van der Waals surface area (Å²) in [5, 5.41) is 0. The Morgan fingerprint density at radius 2 is 1.10 bits per heavy atom. The predicted molar refractivity (Wildman–Crippen MR) is 85.7 cm³/mol. The minimum absolute atomic E-state index is 0.629. The summed E-state index contributed by atoms with van der Waals surface area (Å²) < 4.78 is 3.46. The summed E-state index contributed by atoms with van der Waals surface area (Å²) >= 11 is -0.659. The SMILES string of the molecule is CC1[C]([Zr][C]2=Cc3ccccc3C2C)=Cc2ccccc21. The van der Waals surface area contributed by atoms with E-state index in [4.69, 9.17) is 0 Å². The Bertz CT molecular complexity index is 701. The van der Waals surface area contributed by atoms with Gasteiger partial charge in [-0.25, -0.2) is 0 Å². The topological polar surface area (TPSA) is 0 Å². The van der Waals surface area contributed by atoms with Crippen LogP contribution in [0, 0.1) is 0 Å². The van der Waals surface area contributed by atoms with E-state index in [-0.39, 0.29) is 0 Å². The fraction of sp³-hybridized carbons (Fsp3) is 0.200. The number of hydrogen-bond donors (Lipinski definition) is 0. The molecule has 0 aromatic heterocycles. The van der Waals surface area contributed by atoms with Crippen molar-refractivity contribution in [3.05, 3.63) is 77.3 Å². The van der Waals surface area contributed by atoms with E-state index in [1.807, 2.05) is 0 Å². The van der Waals surface area contributed by atoms with Gasteiger partial charge in [-0.1, -0.05) is 0 Å². The number of rotatable bonds is 2. The van der Waals surface area contributed by atoms with Gasteiger partial charge in [-0.15, -0.1) is 0 Å². The van der Waals surface area contributed by atoms with E-state index in [1.165, 1.54) is 22.3 Å². The fourth-order valence-electron chi connectivity index (χ4n) is 3.45. The first-order valence-corrected chi connectivity index (χ1v) is 10.1. The van der Waals surface area contributed by atoms with E-state index in [1.54, 1.807) is 6.56 Å². The molecular weight excluding hydrogens is 331 g/mol. The molecule has 2 aromatic rings. The molecule has 0 N–H and O–H groups in total. The number of allylic oxidation sites excluding steroid dienone is 2. The summed E-state index contributed by atoms with van der Waals surface area (Å²) in [6, 6.07) is 17.8. The third kappa shape index (κ3) is 2.23. The molecule has 4 rings (SSSR count). The summed E-state index contributed by atoms with van der Waals surface area (Å²) in [6.07, 6.45) is 4.95. The zero-order valence-electron chi connectivity index (χ0n) is 12.4. The summed E-state index contributed by atoms with van der Waals surface area (Å²) in [6.45, 7) is 4.76. The second kappa shape index (κ2) is 5.22. The molecule has 0 spiro atoms.